The van der Waals surface area contributed by atoms with Gasteiger partial charge in [0.25, 0.3) is 0 Å². The molecule has 1 heterocycles. The number of hydrogen-bond acceptors (Lipinski definition) is 3. The van der Waals surface area contributed by atoms with Gasteiger partial charge in [0, 0.05) is 12.6 Å². The maximum Gasteiger partial charge on any atom is 0.124 e. The van der Waals surface area contributed by atoms with Crippen molar-refractivity contribution in [3.63, 3.8) is 0 Å². The number of nitrogens with zero attached hydrogens (tertiary/aromatic N) is 2. The normalized spacial score (nSPS) is 12.4. The van der Waals surface area contributed by atoms with Gasteiger partial charge in [0.05, 0.1) is 29.0 Å². The Morgan fingerprint density at radius 1 is 1.42 bits per heavy atom. The SMILES string of the molecule is CCOc1ccccc1C(NC)c1c(Br)cnn1C. The number of halogens is 1. The van der Waals surface area contributed by atoms with Crippen LogP contribution >= 0.6 is 15.9 Å². The molecule has 0 radical (unpaired) electrons. The zero-order chi connectivity index (χ0) is 13.8. The average molecular weight is 324 g/mol. The average Bonchev–Trinajstić information content (AvgIpc) is 2.74. The summed E-state index contributed by atoms with van der Waals surface area (Å²) in [5, 5.41) is 7.61. The minimum atomic E-state index is 0.0321. The highest BCUT2D eigenvalue weighted by molar-refractivity contribution is 9.10. The molecule has 19 heavy (non-hydrogen) atoms. The summed E-state index contributed by atoms with van der Waals surface area (Å²) >= 11 is 3.56. The van der Waals surface area contributed by atoms with E-state index < -0.39 is 0 Å². The van der Waals surface area contributed by atoms with Crippen molar-refractivity contribution >= 4 is 15.9 Å². The maximum atomic E-state index is 5.71. The molecule has 1 N–H and O–H groups in total. The summed E-state index contributed by atoms with van der Waals surface area (Å²) in [6.45, 7) is 2.64. The van der Waals surface area contributed by atoms with Crippen LogP contribution in [0.1, 0.15) is 24.2 Å². The Labute approximate surface area is 121 Å². The van der Waals surface area contributed by atoms with E-state index in [2.05, 4.69) is 32.4 Å². The van der Waals surface area contributed by atoms with E-state index in [-0.39, 0.29) is 6.04 Å². The summed E-state index contributed by atoms with van der Waals surface area (Å²) < 4.78 is 8.57. The molecule has 0 fully saturated rings. The maximum absolute atomic E-state index is 5.71. The van der Waals surface area contributed by atoms with E-state index in [1.165, 1.54) is 0 Å². The Morgan fingerprint density at radius 3 is 2.74 bits per heavy atom. The quantitative estimate of drug-likeness (QED) is 0.919. The molecule has 0 bridgehead atoms. The van der Waals surface area contributed by atoms with Crippen molar-refractivity contribution in [1.29, 1.82) is 0 Å². The van der Waals surface area contributed by atoms with Crippen molar-refractivity contribution in [1.82, 2.24) is 15.1 Å². The second-order valence-electron chi connectivity index (χ2n) is 4.19. The fourth-order valence-electron chi connectivity index (χ4n) is 2.19. The fraction of sp³-hybridized carbons (Fsp3) is 0.357. The molecule has 0 aliphatic heterocycles. The van der Waals surface area contributed by atoms with Gasteiger partial charge in [-0.1, -0.05) is 18.2 Å². The predicted octanol–water partition coefficient (Wildman–Crippen LogP) is 2.89. The zero-order valence-corrected chi connectivity index (χ0v) is 12.9. The van der Waals surface area contributed by atoms with Crippen LogP contribution in [0.3, 0.4) is 0 Å². The Bertz CT molecular complexity index is 534. The van der Waals surface area contributed by atoms with E-state index in [0.29, 0.717) is 6.61 Å². The standard InChI is InChI=1S/C14H18BrN3O/c1-4-19-12-8-6-5-7-10(12)13(16-2)14-11(15)9-17-18(14)3/h5-9,13,16H,4H2,1-3H3. The summed E-state index contributed by atoms with van der Waals surface area (Å²) in [6.07, 6.45) is 1.81. The van der Waals surface area contributed by atoms with Crippen molar-refractivity contribution < 1.29 is 4.74 Å². The van der Waals surface area contributed by atoms with E-state index >= 15 is 0 Å². The lowest BCUT2D eigenvalue weighted by atomic mass is 10.0. The fourth-order valence-corrected chi connectivity index (χ4v) is 2.77. The molecule has 5 heteroatoms. The van der Waals surface area contributed by atoms with Crippen molar-refractivity contribution in [2.45, 2.75) is 13.0 Å². The van der Waals surface area contributed by atoms with E-state index in [0.717, 1.165) is 21.5 Å². The first kappa shape index (κ1) is 14.1. The number of para-hydroxylation sites is 1. The van der Waals surface area contributed by atoms with Gasteiger partial charge >= 0.3 is 0 Å². The highest BCUT2D eigenvalue weighted by atomic mass is 79.9. The highest BCUT2D eigenvalue weighted by Gasteiger charge is 2.22. The number of hydrogen-bond donors (Lipinski definition) is 1. The number of nitrogens with one attached hydrogen (secondary N) is 1. The van der Waals surface area contributed by atoms with Gasteiger partial charge in [0.15, 0.2) is 0 Å². The summed E-state index contributed by atoms with van der Waals surface area (Å²) in [6, 6.07) is 8.11. The third-order valence-electron chi connectivity index (χ3n) is 3.03. The number of aryl methyl sites for hydroxylation is 1. The largest absolute Gasteiger partial charge is 0.494 e. The minimum Gasteiger partial charge on any atom is -0.494 e. The Kier molecular flexibility index (Phi) is 4.61. The molecule has 2 rings (SSSR count). The van der Waals surface area contributed by atoms with Crippen molar-refractivity contribution in [2.75, 3.05) is 13.7 Å². The Morgan fingerprint density at radius 2 is 2.16 bits per heavy atom. The van der Waals surface area contributed by atoms with Crippen LogP contribution in [0.4, 0.5) is 0 Å². The number of benzene rings is 1. The molecule has 0 amide bonds. The van der Waals surface area contributed by atoms with E-state index in [4.69, 9.17) is 4.74 Å². The van der Waals surface area contributed by atoms with Crippen LogP contribution < -0.4 is 10.1 Å². The molecule has 4 nitrogen and oxygen atoms in total. The van der Waals surface area contributed by atoms with E-state index in [1.54, 1.807) is 0 Å². The van der Waals surface area contributed by atoms with Gasteiger partial charge in [-0.2, -0.15) is 5.10 Å². The van der Waals surface area contributed by atoms with Gasteiger partial charge in [-0.05, 0) is 36.0 Å². The Hall–Kier alpha value is -1.33. The van der Waals surface area contributed by atoms with Crippen LogP contribution in [0.2, 0.25) is 0 Å². The second-order valence-corrected chi connectivity index (χ2v) is 5.05. The summed E-state index contributed by atoms with van der Waals surface area (Å²) in [4.78, 5) is 0. The smallest absolute Gasteiger partial charge is 0.124 e. The van der Waals surface area contributed by atoms with Crippen molar-refractivity contribution in [3.8, 4) is 5.75 Å². The molecule has 2 aromatic rings. The number of rotatable bonds is 5. The van der Waals surface area contributed by atoms with Crippen LogP contribution in [0.5, 0.6) is 5.75 Å². The van der Waals surface area contributed by atoms with Gasteiger partial charge < -0.3 is 10.1 Å². The van der Waals surface area contributed by atoms with Crippen LogP contribution in [0.25, 0.3) is 0 Å². The lowest BCUT2D eigenvalue weighted by Gasteiger charge is -2.20. The van der Waals surface area contributed by atoms with Gasteiger partial charge in [-0.3, -0.25) is 4.68 Å². The molecule has 0 aliphatic rings. The highest BCUT2D eigenvalue weighted by Crippen LogP contribution is 2.33. The molecule has 1 aromatic carbocycles. The third kappa shape index (κ3) is 2.82. The molecular formula is C14H18BrN3O. The third-order valence-corrected chi connectivity index (χ3v) is 3.64. The van der Waals surface area contributed by atoms with E-state index in [9.17, 15) is 0 Å². The molecule has 0 spiro atoms. The van der Waals surface area contributed by atoms with Gasteiger partial charge in [-0.15, -0.1) is 0 Å². The van der Waals surface area contributed by atoms with Gasteiger partial charge in [0.2, 0.25) is 0 Å². The Balaban J connectivity index is 2.48. The number of aromatic nitrogens is 2. The van der Waals surface area contributed by atoms with Crippen LogP contribution in [-0.2, 0) is 7.05 Å². The molecule has 1 unspecified atom stereocenters. The first-order valence-corrected chi connectivity index (χ1v) is 7.04. The monoisotopic (exact) mass is 323 g/mol. The lowest BCUT2D eigenvalue weighted by molar-refractivity contribution is 0.333. The first-order chi connectivity index (χ1) is 9.19. The molecule has 1 atom stereocenters. The van der Waals surface area contributed by atoms with Crippen molar-refractivity contribution in [2.24, 2.45) is 7.05 Å². The molecular weight excluding hydrogens is 306 g/mol. The molecule has 102 valence electrons. The zero-order valence-electron chi connectivity index (χ0n) is 11.4. The van der Waals surface area contributed by atoms with Crippen LogP contribution in [-0.4, -0.2) is 23.4 Å². The molecule has 0 aliphatic carbocycles. The lowest BCUT2D eigenvalue weighted by Crippen LogP contribution is -2.21. The summed E-state index contributed by atoms with van der Waals surface area (Å²) in [5.41, 5.74) is 2.19. The summed E-state index contributed by atoms with van der Waals surface area (Å²) in [7, 11) is 3.88. The first-order valence-electron chi connectivity index (χ1n) is 6.25. The van der Waals surface area contributed by atoms with Crippen LogP contribution in [0, 0.1) is 0 Å². The second kappa shape index (κ2) is 6.21. The predicted molar refractivity (Wildman–Crippen MR) is 79.4 cm³/mol. The summed E-state index contributed by atoms with van der Waals surface area (Å²) in [5.74, 6) is 0.900. The molecule has 1 aromatic heterocycles. The van der Waals surface area contributed by atoms with Gasteiger partial charge in [-0.25, -0.2) is 0 Å². The minimum absolute atomic E-state index is 0.0321. The molecule has 0 saturated heterocycles. The van der Waals surface area contributed by atoms with Crippen LogP contribution in [0.15, 0.2) is 34.9 Å². The topological polar surface area (TPSA) is 39.1 Å². The van der Waals surface area contributed by atoms with Crippen molar-refractivity contribution in [3.05, 3.63) is 46.2 Å². The molecule has 0 saturated carbocycles. The van der Waals surface area contributed by atoms with E-state index in [1.807, 2.05) is 50.1 Å². The van der Waals surface area contributed by atoms with Gasteiger partial charge in [0.1, 0.15) is 5.75 Å². The number of ether oxygens (including phenoxy) is 1.